The summed E-state index contributed by atoms with van der Waals surface area (Å²) >= 11 is 0. The Morgan fingerprint density at radius 2 is 0.839 bits per heavy atom. The zero-order valence-electron chi connectivity index (χ0n) is 33.9. The van der Waals surface area contributed by atoms with E-state index in [0.29, 0.717) is 0 Å². The van der Waals surface area contributed by atoms with Gasteiger partial charge in [0.2, 0.25) is 0 Å². The van der Waals surface area contributed by atoms with Crippen molar-refractivity contribution in [2.24, 2.45) is 0 Å². The van der Waals surface area contributed by atoms with Crippen molar-refractivity contribution in [1.82, 2.24) is 0 Å². The molecule has 0 fully saturated rings. The van der Waals surface area contributed by atoms with Gasteiger partial charge in [0.1, 0.15) is 11.2 Å². The fourth-order valence-corrected chi connectivity index (χ4v) is 9.71. The van der Waals surface area contributed by atoms with Crippen LogP contribution in [0.15, 0.2) is 241 Å². The second-order valence-corrected chi connectivity index (χ2v) is 15.9. The van der Waals surface area contributed by atoms with Crippen LogP contribution >= 0.6 is 0 Å². The highest BCUT2D eigenvalue weighted by molar-refractivity contribution is 6.25. The lowest BCUT2D eigenvalue weighted by Gasteiger charge is -2.33. The Kier molecular flexibility index (Phi) is 8.53. The Morgan fingerprint density at radius 1 is 0.306 bits per heavy atom. The second kappa shape index (κ2) is 14.8. The molecule has 12 aromatic rings. The van der Waals surface area contributed by atoms with Gasteiger partial charge in [0.05, 0.1) is 11.4 Å². The smallest absolute Gasteiger partial charge is 0.143 e. The van der Waals surface area contributed by atoms with Gasteiger partial charge in [0, 0.05) is 38.5 Å². The van der Waals surface area contributed by atoms with Gasteiger partial charge in [-0.2, -0.15) is 0 Å². The molecule has 0 aliphatic heterocycles. The first kappa shape index (κ1) is 35.7. The van der Waals surface area contributed by atoms with E-state index in [-0.39, 0.29) is 0 Å². The van der Waals surface area contributed by atoms with E-state index in [1.165, 1.54) is 54.6 Å². The number of nitrogens with zero attached hydrogens (tertiary/aromatic N) is 1. The molecule has 0 aliphatic rings. The van der Waals surface area contributed by atoms with Gasteiger partial charge >= 0.3 is 0 Å². The molecule has 0 radical (unpaired) electrons. The molecule has 290 valence electrons. The summed E-state index contributed by atoms with van der Waals surface area (Å²) < 4.78 is 6.78. The number of benzene rings is 11. The molecule has 0 saturated carbocycles. The molecule has 62 heavy (non-hydrogen) atoms. The van der Waals surface area contributed by atoms with E-state index in [0.717, 1.165) is 61.3 Å². The summed E-state index contributed by atoms with van der Waals surface area (Å²) in [6.45, 7) is 0. The minimum absolute atomic E-state index is 0.878. The fraction of sp³-hybridized carbons (Fsp3) is 0. The molecule has 0 saturated heterocycles. The van der Waals surface area contributed by atoms with Gasteiger partial charge in [-0.05, 0) is 79.0 Å². The lowest BCUT2D eigenvalue weighted by Crippen LogP contribution is -2.14. The first-order valence-electron chi connectivity index (χ1n) is 21.3. The van der Waals surface area contributed by atoms with Crippen molar-refractivity contribution in [3.63, 3.8) is 0 Å². The molecule has 0 spiro atoms. The molecule has 0 unspecified atom stereocenters. The van der Waals surface area contributed by atoms with Gasteiger partial charge in [-0.3, -0.25) is 0 Å². The molecule has 1 heterocycles. The van der Waals surface area contributed by atoms with Crippen molar-refractivity contribution < 1.29 is 4.42 Å². The Bertz CT molecular complexity index is 3630. The van der Waals surface area contributed by atoms with E-state index in [2.05, 4.69) is 235 Å². The maximum absolute atomic E-state index is 6.78. The van der Waals surface area contributed by atoms with Crippen LogP contribution in [0.5, 0.6) is 0 Å². The first-order valence-corrected chi connectivity index (χ1v) is 21.3. The van der Waals surface area contributed by atoms with Crippen LogP contribution in [0.2, 0.25) is 0 Å². The maximum Gasteiger partial charge on any atom is 0.143 e. The fourth-order valence-electron chi connectivity index (χ4n) is 9.71. The lowest BCUT2D eigenvalue weighted by molar-refractivity contribution is 0.670. The normalized spacial score (nSPS) is 11.5. The third-order valence-corrected chi connectivity index (χ3v) is 12.5. The van der Waals surface area contributed by atoms with Crippen molar-refractivity contribution >= 4 is 71.3 Å². The zero-order valence-corrected chi connectivity index (χ0v) is 33.9. The van der Waals surface area contributed by atoms with Crippen LogP contribution in [0.25, 0.3) is 98.8 Å². The van der Waals surface area contributed by atoms with Crippen LogP contribution in [0, 0.1) is 0 Å². The summed E-state index contributed by atoms with van der Waals surface area (Å²) in [6, 6.07) is 85.6. The maximum atomic E-state index is 6.78. The standard InChI is InChI=1S/C60H39NO/c1-3-19-40(20-4-1)45-38-37-43(39-55(45)42-21-5-2-6-22-42)61(56-35-15-13-28-48(56)53-33-18-34-54-49-29-14-16-36-57(49)62-60(53)54)59-52-31-12-10-27-47(52)46-26-9-11-30-51(46)58(59)50-32-17-24-41-23-7-8-25-44(41)50/h1-39H. The van der Waals surface area contributed by atoms with Crippen molar-refractivity contribution in [3.8, 4) is 44.5 Å². The molecule has 0 bridgehead atoms. The van der Waals surface area contributed by atoms with Gasteiger partial charge in [-0.1, -0.05) is 212 Å². The number of anilines is 3. The van der Waals surface area contributed by atoms with Gasteiger partial charge < -0.3 is 9.32 Å². The molecular weight excluding hydrogens is 751 g/mol. The second-order valence-electron chi connectivity index (χ2n) is 15.9. The van der Waals surface area contributed by atoms with Gasteiger partial charge in [-0.15, -0.1) is 0 Å². The predicted octanol–water partition coefficient (Wildman–Crippen LogP) is 17.2. The Balaban J connectivity index is 1.25. The molecule has 0 atom stereocenters. The summed E-state index contributed by atoms with van der Waals surface area (Å²) in [4.78, 5) is 2.53. The number of fused-ring (bicyclic) bond motifs is 7. The summed E-state index contributed by atoms with van der Waals surface area (Å²) in [5.41, 5.74) is 14.1. The molecule has 2 heteroatoms. The third kappa shape index (κ3) is 5.80. The van der Waals surface area contributed by atoms with E-state index in [9.17, 15) is 0 Å². The van der Waals surface area contributed by atoms with E-state index < -0.39 is 0 Å². The highest BCUT2D eigenvalue weighted by atomic mass is 16.3. The quantitative estimate of drug-likeness (QED) is 0.150. The monoisotopic (exact) mass is 789 g/mol. The third-order valence-electron chi connectivity index (χ3n) is 12.5. The van der Waals surface area contributed by atoms with E-state index in [1.54, 1.807) is 0 Å². The highest BCUT2D eigenvalue weighted by Crippen LogP contribution is 2.53. The molecule has 1 aromatic heterocycles. The zero-order chi connectivity index (χ0) is 41.0. The molecule has 0 N–H and O–H groups in total. The largest absolute Gasteiger partial charge is 0.455 e. The summed E-state index contributed by atoms with van der Waals surface area (Å²) in [5, 5.41) is 9.42. The lowest BCUT2D eigenvalue weighted by atomic mass is 9.87. The van der Waals surface area contributed by atoms with E-state index in [4.69, 9.17) is 4.42 Å². The van der Waals surface area contributed by atoms with E-state index in [1.807, 2.05) is 6.07 Å². The van der Waals surface area contributed by atoms with Gasteiger partial charge in [0.15, 0.2) is 0 Å². The molecule has 0 amide bonds. The number of hydrogen-bond donors (Lipinski definition) is 0. The van der Waals surface area contributed by atoms with Crippen molar-refractivity contribution in [2.75, 3.05) is 4.90 Å². The van der Waals surface area contributed by atoms with Crippen LogP contribution in [-0.4, -0.2) is 0 Å². The molecule has 0 aliphatic carbocycles. The number of furan rings is 1. The van der Waals surface area contributed by atoms with Crippen molar-refractivity contribution in [1.29, 1.82) is 0 Å². The van der Waals surface area contributed by atoms with E-state index >= 15 is 0 Å². The molecular formula is C60H39NO. The number of hydrogen-bond acceptors (Lipinski definition) is 2. The SMILES string of the molecule is c1ccc(-c2ccc(N(c3ccccc3-c3cccc4c3oc3ccccc34)c3c(-c4cccc5ccccc45)c4ccccc4c4ccccc34)cc2-c2ccccc2)cc1. The van der Waals surface area contributed by atoms with Crippen LogP contribution in [0.4, 0.5) is 17.1 Å². The van der Waals surface area contributed by atoms with Gasteiger partial charge in [0.25, 0.3) is 0 Å². The Labute approximate surface area is 360 Å². The van der Waals surface area contributed by atoms with Crippen LogP contribution in [0.3, 0.4) is 0 Å². The number of para-hydroxylation sites is 3. The topological polar surface area (TPSA) is 16.4 Å². The van der Waals surface area contributed by atoms with Crippen LogP contribution in [0.1, 0.15) is 0 Å². The van der Waals surface area contributed by atoms with Crippen LogP contribution in [-0.2, 0) is 0 Å². The summed E-state index contributed by atoms with van der Waals surface area (Å²) in [5.74, 6) is 0. The Morgan fingerprint density at radius 3 is 1.63 bits per heavy atom. The minimum Gasteiger partial charge on any atom is -0.455 e. The predicted molar refractivity (Wildman–Crippen MR) is 263 cm³/mol. The minimum atomic E-state index is 0.878. The number of rotatable bonds is 7. The molecule has 2 nitrogen and oxygen atoms in total. The molecule has 12 rings (SSSR count). The average Bonchev–Trinajstić information content (AvgIpc) is 3.74. The average molecular weight is 790 g/mol. The van der Waals surface area contributed by atoms with Crippen molar-refractivity contribution in [2.45, 2.75) is 0 Å². The first-order chi connectivity index (χ1) is 30.8. The molecule has 11 aromatic carbocycles. The van der Waals surface area contributed by atoms with Crippen LogP contribution < -0.4 is 4.90 Å². The Hall–Kier alpha value is -8.20. The summed E-state index contributed by atoms with van der Waals surface area (Å²) in [6.07, 6.45) is 0. The summed E-state index contributed by atoms with van der Waals surface area (Å²) in [7, 11) is 0. The highest BCUT2D eigenvalue weighted by Gasteiger charge is 2.28. The van der Waals surface area contributed by atoms with Gasteiger partial charge in [-0.25, -0.2) is 0 Å². The van der Waals surface area contributed by atoms with Crippen molar-refractivity contribution in [3.05, 3.63) is 237 Å².